The third-order valence-corrected chi connectivity index (χ3v) is 7.24. The summed E-state index contributed by atoms with van der Waals surface area (Å²) in [5.41, 5.74) is 2.06. The number of ether oxygens (including phenoxy) is 3. The molecular weight excluding hydrogens is 470 g/mol. The van der Waals surface area contributed by atoms with Gasteiger partial charge in [0.1, 0.15) is 17.0 Å². The molecule has 1 unspecified atom stereocenters. The largest absolute Gasteiger partial charge is 0.496 e. The predicted molar refractivity (Wildman–Crippen MR) is 138 cm³/mol. The van der Waals surface area contributed by atoms with E-state index in [1.165, 1.54) is 0 Å². The van der Waals surface area contributed by atoms with E-state index in [9.17, 15) is 9.59 Å². The molecule has 8 heteroatoms. The lowest BCUT2D eigenvalue weighted by molar-refractivity contribution is -0.133. The zero-order valence-corrected chi connectivity index (χ0v) is 20.7. The Kier molecular flexibility index (Phi) is 5.52. The fraction of sp³-hybridized carbons (Fsp3) is 0.241. The van der Waals surface area contributed by atoms with Gasteiger partial charge in [0, 0.05) is 29.6 Å². The maximum absolute atomic E-state index is 14.0. The highest BCUT2D eigenvalue weighted by Gasteiger charge is 2.47. The molecule has 3 heterocycles. The normalized spacial score (nSPS) is 18.1. The molecule has 2 amide bonds. The summed E-state index contributed by atoms with van der Waals surface area (Å²) in [7, 11) is 1.60. The molecule has 0 radical (unpaired) electrons. The van der Waals surface area contributed by atoms with Gasteiger partial charge < -0.3 is 29.0 Å². The van der Waals surface area contributed by atoms with Crippen molar-refractivity contribution in [2.45, 2.75) is 32.1 Å². The van der Waals surface area contributed by atoms with Gasteiger partial charge in [-0.2, -0.15) is 0 Å². The van der Waals surface area contributed by atoms with E-state index >= 15 is 0 Å². The number of aromatic nitrogens is 1. The number of benzene rings is 3. The molecule has 0 saturated carbocycles. The molecule has 1 N–H and O–H groups in total. The van der Waals surface area contributed by atoms with E-state index in [1.807, 2.05) is 84.3 Å². The third-order valence-electron chi connectivity index (χ3n) is 7.24. The first-order valence-corrected chi connectivity index (χ1v) is 12.2. The number of methoxy groups -OCH3 is 1. The average molecular weight is 498 g/mol. The van der Waals surface area contributed by atoms with Gasteiger partial charge in [0.15, 0.2) is 11.5 Å². The third kappa shape index (κ3) is 3.85. The number of hydrogen-bond acceptors (Lipinski definition) is 5. The van der Waals surface area contributed by atoms with Crippen molar-refractivity contribution < 1.29 is 23.8 Å². The number of rotatable bonds is 6. The van der Waals surface area contributed by atoms with Crippen molar-refractivity contribution in [2.24, 2.45) is 0 Å². The highest BCUT2D eigenvalue weighted by atomic mass is 16.7. The monoisotopic (exact) mass is 497 g/mol. The van der Waals surface area contributed by atoms with Crippen LogP contribution >= 0.6 is 0 Å². The van der Waals surface area contributed by atoms with Crippen molar-refractivity contribution in [2.75, 3.05) is 13.9 Å². The van der Waals surface area contributed by atoms with Crippen LogP contribution in [-0.4, -0.2) is 40.7 Å². The van der Waals surface area contributed by atoms with Crippen molar-refractivity contribution >= 4 is 22.7 Å². The molecule has 4 aromatic rings. The Morgan fingerprint density at radius 1 is 1.03 bits per heavy atom. The smallest absolute Gasteiger partial charge is 0.271 e. The number of fused-ring (bicyclic) bond motifs is 4. The summed E-state index contributed by atoms with van der Waals surface area (Å²) in [4.78, 5) is 29.5. The fourth-order valence-corrected chi connectivity index (χ4v) is 5.19. The zero-order chi connectivity index (χ0) is 25.6. The van der Waals surface area contributed by atoms with Crippen LogP contribution < -0.4 is 19.5 Å². The van der Waals surface area contributed by atoms with E-state index in [4.69, 9.17) is 14.2 Å². The predicted octanol–water partition coefficient (Wildman–Crippen LogP) is 4.11. The van der Waals surface area contributed by atoms with Crippen LogP contribution in [0, 0.1) is 0 Å². The number of para-hydroxylation sites is 2. The molecule has 1 aromatic heterocycles. The van der Waals surface area contributed by atoms with Crippen molar-refractivity contribution in [1.29, 1.82) is 0 Å². The number of amides is 2. The molecule has 0 bridgehead atoms. The minimum atomic E-state index is -1.15. The molecule has 0 spiro atoms. The zero-order valence-electron chi connectivity index (χ0n) is 20.7. The van der Waals surface area contributed by atoms with Crippen LogP contribution in [-0.2, 0) is 24.4 Å². The first-order valence-electron chi connectivity index (χ1n) is 12.2. The number of carbonyl (C=O) groups excluding carboxylic acids is 2. The van der Waals surface area contributed by atoms with E-state index in [0.29, 0.717) is 29.5 Å². The Hall–Kier alpha value is -4.46. The molecule has 8 nitrogen and oxygen atoms in total. The Labute approximate surface area is 214 Å². The van der Waals surface area contributed by atoms with Gasteiger partial charge in [-0.3, -0.25) is 9.59 Å². The van der Waals surface area contributed by atoms with Crippen LogP contribution in [0.1, 0.15) is 28.5 Å². The number of nitrogens with zero attached hydrogens (tertiary/aromatic N) is 2. The molecule has 0 fully saturated rings. The maximum atomic E-state index is 14.0. The molecule has 2 aliphatic heterocycles. The number of carbonyl (C=O) groups is 2. The van der Waals surface area contributed by atoms with E-state index in [-0.39, 0.29) is 31.7 Å². The van der Waals surface area contributed by atoms with Crippen LogP contribution in [0.2, 0.25) is 0 Å². The second-order valence-electron chi connectivity index (χ2n) is 9.52. The molecule has 2 aliphatic rings. The van der Waals surface area contributed by atoms with Gasteiger partial charge >= 0.3 is 0 Å². The fourth-order valence-electron chi connectivity index (χ4n) is 5.19. The van der Waals surface area contributed by atoms with E-state index in [0.717, 1.165) is 22.0 Å². The molecule has 6 rings (SSSR count). The summed E-state index contributed by atoms with van der Waals surface area (Å²) >= 11 is 0. The minimum Gasteiger partial charge on any atom is -0.496 e. The standard InChI is InChI=1S/C29H27N3O5/c1-29(28(34)30-15-21-8-4-6-10-24(21)35-2)17-31-22-9-5-3-7-20(22)14-23(31)27(33)32(29)16-19-11-12-25-26(13-19)37-18-36-25/h3-14H,15-18H2,1-2H3,(H,30,34). The molecule has 0 aliphatic carbocycles. The summed E-state index contributed by atoms with van der Waals surface area (Å²) in [5.74, 6) is 1.57. The first-order chi connectivity index (χ1) is 18.0. The van der Waals surface area contributed by atoms with Gasteiger partial charge in [0.2, 0.25) is 12.7 Å². The van der Waals surface area contributed by atoms with E-state index in [2.05, 4.69) is 5.32 Å². The molecule has 0 saturated heterocycles. The van der Waals surface area contributed by atoms with Crippen LogP contribution in [0.3, 0.4) is 0 Å². The summed E-state index contributed by atoms with van der Waals surface area (Å²) in [6.45, 7) is 2.85. The Morgan fingerprint density at radius 3 is 2.68 bits per heavy atom. The van der Waals surface area contributed by atoms with Gasteiger partial charge in [0.25, 0.3) is 5.91 Å². The Morgan fingerprint density at radius 2 is 1.81 bits per heavy atom. The highest BCUT2D eigenvalue weighted by Crippen LogP contribution is 2.36. The number of hydrogen-bond donors (Lipinski definition) is 1. The molecule has 3 aromatic carbocycles. The lowest BCUT2D eigenvalue weighted by atomic mass is 9.93. The lowest BCUT2D eigenvalue weighted by Crippen LogP contribution is -2.63. The van der Waals surface area contributed by atoms with E-state index in [1.54, 1.807) is 12.0 Å². The minimum absolute atomic E-state index is 0.171. The molecule has 1 atom stereocenters. The highest BCUT2D eigenvalue weighted by molar-refractivity contribution is 6.03. The summed E-state index contributed by atoms with van der Waals surface area (Å²) in [6, 6.07) is 22.9. The Bertz CT molecular complexity index is 1530. The summed E-state index contributed by atoms with van der Waals surface area (Å²) in [6.07, 6.45) is 0. The molecule has 188 valence electrons. The van der Waals surface area contributed by atoms with Crippen LogP contribution in [0.5, 0.6) is 17.2 Å². The summed E-state index contributed by atoms with van der Waals surface area (Å²) in [5, 5.41) is 4.03. The topological polar surface area (TPSA) is 82.0 Å². The van der Waals surface area contributed by atoms with Crippen molar-refractivity contribution in [3.63, 3.8) is 0 Å². The van der Waals surface area contributed by atoms with Gasteiger partial charge in [0.05, 0.1) is 13.7 Å². The van der Waals surface area contributed by atoms with Crippen molar-refractivity contribution in [1.82, 2.24) is 14.8 Å². The molecule has 37 heavy (non-hydrogen) atoms. The van der Waals surface area contributed by atoms with Crippen LogP contribution in [0.4, 0.5) is 0 Å². The first kappa shape index (κ1) is 23.0. The van der Waals surface area contributed by atoms with Gasteiger partial charge in [-0.15, -0.1) is 0 Å². The van der Waals surface area contributed by atoms with Gasteiger partial charge in [-0.25, -0.2) is 0 Å². The maximum Gasteiger partial charge on any atom is 0.271 e. The van der Waals surface area contributed by atoms with Crippen LogP contribution in [0.25, 0.3) is 10.9 Å². The summed E-state index contributed by atoms with van der Waals surface area (Å²) < 4.78 is 18.4. The van der Waals surface area contributed by atoms with Crippen molar-refractivity contribution in [3.05, 3.63) is 89.6 Å². The quantitative estimate of drug-likeness (QED) is 0.434. The molecular formula is C29H27N3O5. The number of nitrogens with one attached hydrogen (secondary N) is 1. The lowest BCUT2D eigenvalue weighted by Gasteiger charge is -2.44. The van der Waals surface area contributed by atoms with E-state index < -0.39 is 5.54 Å². The second-order valence-corrected chi connectivity index (χ2v) is 9.52. The van der Waals surface area contributed by atoms with Crippen LogP contribution in [0.15, 0.2) is 72.8 Å². The van der Waals surface area contributed by atoms with Gasteiger partial charge in [-0.1, -0.05) is 42.5 Å². The average Bonchev–Trinajstić information content (AvgIpc) is 3.54. The second kappa shape index (κ2) is 8.89. The SMILES string of the molecule is COc1ccccc1CNC(=O)C1(C)Cn2c(cc3ccccc32)C(=O)N1Cc1ccc2c(c1)OCO2. The van der Waals surface area contributed by atoms with Gasteiger partial charge in [-0.05, 0) is 42.8 Å². The Balaban J connectivity index is 1.37. The van der Waals surface area contributed by atoms with Crippen molar-refractivity contribution in [3.8, 4) is 17.2 Å².